The average Bonchev–Trinajstić information content (AvgIpc) is 3.08. The summed E-state index contributed by atoms with van der Waals surface area (Å²) in [5.41, 5.74) is 2.52. The van der Waals surface area contributed by atoms with Crippen molar-refractivity contribution in [1.82, 2.24) is 9.55 Å². The van der Waals surface area contributed by atoms with Gasteiger partial charge in [-0.25, -0.2) is 4.98 Å². The highest BCUT2D eigenvalue weighted by molar-refractivity contribution is 5.75. The van der Waals surface area contributed by atoms with E-state index in [1.54, 1.807) is 0 Å². The van der Waals surface area contributed by atoms with E-state index in [0.29, 0.717) is 6.42 Å². The summed E-state index contributed by atoms with van der Waals surface area (Å²) in [5, 5.41) is 8.98. The second-order valence-electron chi connectivity index (χ2n) is 5.69. The number of fused-ring (bicyclic) bond motifs is 1. The van der Waals surface area contributed by atoms with Gasteiger partial charge in [-0.05, 0) is 31.4 Å². The van der Waals surface area contributed by atoms with Crippen LogP contribution in [0.3, 0.4) is 0 Å². The summed E-state index contributed by atoms with van der Waals surface area (Å²) in [6, 6.07) is 10.7. The van der Waals surface area contributed by atoms with Gasteiger partial charge in [0.1, 0.15) is 5.82 Å². The van der Waals surface area contributed by atoms with Crippen LogP contribution in [0.2, 0.25) is 0 Å². The Balaban J connectivity index is 2.00. The van der Waals surface area contributed by atoms with Crippen molar-refractivity contribution < 1.29 is 0 Å². The quantitative estimate of drug-likeness (QED) is 0.815. The number of benzene rings is 1. The fourth-order valence-electron chi connectivity index (χ4n) is 2.79. The van der Waals surface area contributed by atoms with Crippen molar-refractivity contribution in [3.63, 3.8) is 0 Å². The molecule has 1 aromatic heterocycles. The molecule has 1 heterocycles. The lowest BCUT2D eigenvalue weighted by atomic mass is 10.0. The number of aromatic nitrogens is 2. The number of para-hydroxylation sites is 2. The number of rotatable bonds is 5. The summed E-state index contributed by atoms with van der Waals surface area (Å²) in [4.78, 5) is 4.75. The van der Waals surface area contributed by atoms with Crippen LogP contribution in [0.15, 0.2) is 24.3 Å². The molecule has 0 unspecified atom stereocenters. The normalized spacial score (nSPS) is 16.4. The summed E-state index contributed by atoms with van der Waals surface area (Å²) in [6.07, 6.45) is 5.15. The van der Waals surface area contributed by atoms with Crippen LogP contribution in [-0.2, 0) is 13.0 Å². The van der Waals surface area contributed by atoms with E-state index in [9.17, 15) is 0 Å². The Morgan fingerprint density at radius 3 is 2.84 bits per heavy atom. The number of imidazole rings is 1. The number of hydrogen-bond acceptors (Lipinski definition) is 2. The zero-order chi connectivity index (χ0) is 13.3. The standard InChI is InChI=1S/C16H19N3/c1-2-5-15-18-13-6-3-4-7-14(13)19(15)12-16(8-9-16)10-11-17/h3-4,6-7H,2,5,8-10,12H2,1H3. The monoisotopic (exact) mass is 253 g/mol. The van der Waals surface area contributed by atoms with Gasteiger partial charge in [-0.1, -0.05) is 19.1 Å². The molecule has 19 heavy (non-hydrogen) atoms. The SMILES string of the molecule is CCCc1nc2ccccc2n1CC1(CC#N)CC1. The Morgan fingerprint density at radius 2 is 2.16 bits per heavy atom. The third-order valence-corrected chi connectivity index (χ3v) is 4.11. The fraction of sp³-hybridized carbons (Fsp3) is 0.500. The zero-order valence-electron chi connectivity index (χ0n) is 11.4. The second-order valence-corrected chi connectivity index (χ2v) is 5.69. The summed E-state index contributed by atoms with van der Waals surface area (Å²) in [7, 11) is 0. The molecule has 0 atom stereocenters. The summed E-state index contributed by atoms with van der Waals surface area (Å²) >= 11 is 0. The van der Waals surface area contributed by atoms with E-state index in [1.807, 2.05) is 6.07 Å². The topological polar surface area (TPSA) is 41.6 Å². The molecule has 1 saturated carbocycles. The maximum atomic E-state index is 8.98. The van der Waals surface area contributed by atoms with Crippen molar-refractivity contribution in [3.8, 4) is 6.07 Å². The van der Waals surface area contributed by atoms with Crippen LogP contribution < -0.4 is 0 Å². The molecule has 0 aliphatic heterocycles. The molecule has 1 aromatic carbocycles. The smallest absolute Gasteiger partial charge is 0.109 e. The van der Waals surface area contributed by atoms with E-state index in [-0.39, 0.29) is 5.41 Å². The largest absolute Gasteiger partial charge is 0.327 e. The molecule has 1 aliphatic carbocycles. The molecular formula is C16H19N3. The minimum Gasteiger partial charge on any atom is -0.327 e. The van der Waals surface area contributed by atoms with Crippen molar-refractivity contribution in [2.45, 2.75) is 45.6 Å². The lowest BCUT2D eigenvalue weighted by molar-refractivity contribution is 0.428. The van der Waals surface area contributed by atoms with Crippen LogP contribution >= 0.6 is 0 Å². The van der Waals surface area contributed by atoms with Crippen LogP contribution in [0.1, 0.15) is 38.4 Å². The van der Waals surface area contributed by atoms with Gasteiger partial charge in [0.25, 0.3) is 0 Å². The van der Waals surface area contributed by atoms with E-state index in [1.165, 1.54) is 24.2 Å². The predicted molar refractivity (Wildman–Crippen MR) is 75.6 cm³/mol. The molecule has 2 aromatic rings. The predicted octanol–water partition coefficient (Wildman–Crippen LogP) is 3.68. The molecule has 0 amide bonds. The van der Waals surface area contributed by atoms with Gasteiger partial charge in [0, 0.05) is 24.8 Å². The third-order valence-electron chi connectivity index (χ3n) is 4.11. The molecule has 1 aliphatic rings. The van der Waals surface area contributed by atoms with Gasteiger partial charge in [0.15, 0.2) is 0 Å². The summed E-state index contributed by atoms with van der Waals surface area (Å²) < 4.78 is 2.35. The molecule has 0 saturated heterocycles. The Labute approximate surface area is 113 Å². The molecule has 3 heteroatoms. The maximum Gasteiger partial charge on any atom is 0.109 e. The summed E-state index contributed by atoms with van der Waals surface area (Å²) in [5.74, 6) is 1.17. The van der Waals surface area contributed by atoms with E-state index < -0.39 is 0 Å². The van der Waals surface area contributed by atoms with Crippen molar-refractivity contribution in [1.29, 1.82) is 5.26 Å². The molecule has 0 radical (unpaired) electrons. The minimum absolute atomic E-state index is 0.223. The Morgan fingerprint density at radius 1 is 1.37 bits per heavy atom. The molecule has 1 fully saturated rings. The molecule has 0 spiro atoms. The molecule has 3 nitrogen and oxygen atoms in total. The first-order valence-electron chi connectivity index (χ1n) is 7.09. The Kier molecular flexibility index (Phi) is 3.02. The van der Waals surface area contributed by atoms with Gasteiger partial charge in [0.05, 0.1) is 17.1 Å². The highest BCUT2D eigenvalue weighted by atomic mass is 15.1. The van der Waals surface area contributed by atoms with Crippen LogP contribution in [0.25, 0.3) is 11.0 Å². The molecular weight excluding hydrogens is 234 g/mol. The van der Waals surface area contributed by atoms with E-state index in [2.05, 4.69) is 35.8 Å². The Bertz CT molecular complexity index is 629. The van der Waals surface area contributed by atoms with Crippen LogP contribution in [0.4, 0.5) is 0 Å². The van der Waals surface area contributed by atoms with Gasteiger partial charge >= 0.3 is 0 Å². The minimum atomic E-state index is 0.223. The fourth-order valence-corrected chi connectivity index (χ4v) is 2.79. The molecule has 0 N–H and O–H groups in total. The van der Waals surface area contributed by atoms with Crippen LogP contribution in [-0.4, -0.2) is 9.55 Å². The van der Waals surface area contributed by atoms with Gasteiger partial charge < -0.3 is 4.57 Å². The lowest BCUT2D eigenvalue weighted by Crippen LogP contribution is -2.13. The molecule has 0 bridgehead atoms. The van der Waals surface area contributed by atoms with Gasteiger partial charge in [0.2, 0.25) is 0 Å². The zero-order valence-corrected chi connectivity index (χ0v) is 11.4. The first-order chi connectivity index (χ1) is 9.28. The Hall–Kier alpha value is -1.82. The van der Waals surface area contributed by atoms with E-state index in [0.717, 1.165) is 24.9 Å². The molecule has 3 rings (SSSR count). The first kappa shape index (κ1) is 12.2. The number of nitriles is 1. The van der Waals surface area contributed by atoms with E-state index >= 15 is 0 Å². The third kappa shape index (κ3) is 2.23. The van der Waals surface area contributed by atoms with Crippen LogP contribution in [0.5, 0.6) is 0 Å². The number of aryl methyl sites for hydroxylation is 1. The van der Waals surface area contributed by atoms with Gasteiger partial charge in [-0.2, -0.15) is 5.26 Å². The van der Waals surface area contributed by atoms with Crippen molar-refractivity contribution in [2.24, 2.45) is 5.41 Å². The van der Waals surface area contributed by atoms with Crippen LogP contribution in [0, 0.1) is 16.7 Å². The first-order valence-corrected chi connectivity index (χ1v) is 7.09. The van der Waals surface area contributed by atoms with Crippen molar-refractivity contribution in [2.75, 3.05) is 0 Å². The van der Waals surface area contributed by atoms with Crippen molar-refractivity contribution >= 4 is 11.0 Å². The van der Waals surface area contributed by atoms with Gasteiger partial charge in [-0.15, -0.1) is 0 Å². The number of nitrogens with zero attached hydrogens (tertiary/aromatic N) is 3. The van der Waals surface area contributed by atoms with E-state index in [4.69, 9.17) is 10.2 Å². The summed E-state index contributed by atoms with van der Waals surface area (Å²) in [6.45, 7) is 3.14. The maximum absolute atomic E-state index is 8.98. The average molecular weight is 253 g/mol. The molecule has 98 valence electrons. The number of hydrogen-bond donors (Lipinski definition) is 0. The highest BCUT2D eigenvalue weighted by Crippen LogP contribution is 2.50. The van der Waals surface area contributed by atoms with Crippen molar-refractivity contribution in [3.05, 3.63) is 30.1 Å². The lowest BCUT2D eigenvalue weighted by Gasteiger charge is -2.15. The van der Waals surface area contributed by atoms with Gasteiger partial charge in [-0.3, -0.25) is 0 Å². The highest BCUT2D eigenvalue weighted by Gasteiger charge is 2.43. The second kappa shape index (κ2) is 4.70.